The number of thiazole rings is 1. The van der Waals surface area contributed by atoms with E-state index in [-0.39, 0.29) is 22.4 Å². The lowest BCUT2D eigenvalue weighted by molar-refractivity contribution is 0.0372. The highest BCUT2D eigenvalue weighted by Gasteiger charge is 2.26. The third-order valence-electron chi connectivity index (χ3n) is 8.07. The Morgan fingerprint density at radius 2 is 1.72 bits per heavy atom. The fourth-order valence-electron chi connectivity index (χ4n) is 5.71. The minimum atomic E-state index is -0.328. The lowest BCUT2D eigenvalue weighted by Crippen LogP contribution is -2.38. The molecule has 0 unspecified atom stereocenters. The van der Waals surface area contributed by atoms with Crippen molar-refractivity contribution >= 4 is 27.3 Å². The zero-order valence-corrected chi connectivity index (χ0v) is 23.5. The smallest absolute Gasteiger partial charge is 0.308 e. The number of unbranched alkanes of at least 4 members (excludes halogenated alkanes) is 1. The summed E-state index contributed by atoms with van der Waals surface area (Å²) in [5.41, 5.74) is 2.67. The van der Waals surface area contributed by atoms with Crippen molar-refractivity contribution in [1.82, 2.24) is 14.4 Å². The SMILES string of the molecule is COc1cc2c(cc1CCCCN1CCOCC1)sc(=O)n2CCN1CCC(C(=O)c2ccc(F)cc2)CC1. The minimum absolute atomic E-state index is 0.0343. The van der Waals surface area contributed by atoms with Crippen molar-refractivity contribution in [3.63, 3.8) is 0 Å². The van der Waals surface area contributed by atoms with Gasteiger partial charge in [0.2, 0.25) is 0 Å². The quantitative estimate of drug-likeness (QED) is 0.257. The first kappa shape index (κ1) is 28.0. The zero-order chi connectivity index (χ0) is 27.2. The molecule has 2 fully saturated rings. The van der Waals surface area contributed by atoms with Crippen LogP contribution in [0.1, 0.15) is 41.6 Å². The summed E-state index contributed by atoms with van der Waals surface area (Å²) in [7, 11) is 1.70. The summed E-state index contributed by atoms with van der Waals surface area (Å²) >= 11 is 1.30. The molecule has 2 saturated heterocycles. The van der Waals surface area contributed by atoms with Crippen LogP contribution >= 0.6 is 11.3 Å². The van der Waals surface area contributed by atoms with E-state index in [1.807, 2.05) is 10.6 Å². The van der Waals surface area contributed by atoms with Crippen LogP contribution in [-0.4, -0.2) is 79.7 Å². The maximum Gasteiger partial charge on any atom is 0.308 e. The van der Waals surface area contributed by atoms with Crippen molar-refractivity contribution in [2.75, 3.05) is 59.6 Å². The van der Waals surface area contributed by atoms with E-state index in [0.29, 0.717) is 12.1 Å². The largest absolute Gasteiger partial charge is 0.496 e. The number of ketones is 1. The number of Topliss-reactive ketones (excluding diaryl/α,β-unsaturated/α-hetero) is 1. The van der Waals surface area contributed by atoms with Gasteiger partial charge in [-0.2, -0.15) is 0 Å². The summed E-state index contributed by atoms with van der Waals surface area (Å²) in [6, 6.07) is 9.99. The van der Waals surface area contributed by atoms with Crippen LogP contribution in [0.4, 0.5) is 4.39 Å². The molecule has 0 radical (unpaired) electrons. The first-order valence-corrected chi connectivity index (χ1v) is 14.9. The van der Waals surface area contributed by atoms with E-state index in [1.165, 1.54) is 23.5 Å². The Labute approximate surface area is 233 Å². The van der Waals surface area contributed by atoms with Gasteiger partial charge in [-0.15, -0.1) is 0 Å². The second-order valence-electron chi connectivity index (χ2n) is 10.5. The van der Waals surface area contributed by atoms with Crippen molar-refractivity contribution in [2.45, 2.75) is 38.6 Å². The molecule has 5 rings (SSSR count). The highest BCUT2D eigenvalue weighted by molar-refractivity contribution is 7.16. The lowest BCUT2D eigenvalue weighted by Gasteiger charge is -2.31. The number of carbonyl (C=O) groups is 1. The number of aromatic nitrogens is 1. The molecular weight excluding hydrogens is 517 g/mol. The number of halogens is 1. The van der Waals surface area contributed by atoms with E-state index in [9.17, 15) is 14.0 Å². The molecule has 0 N–H and O–H groups in total. The molecule has 0 saturated carbocycles. The second kappa shape index (κ2) is 13.2. The lowest BCUT2D eigenvalue weighted by atomic mass is 9.89. The van der Waals surface area contributed by atoms with Gasteiger partial charge in [-0.1, -0.05) is 11.3 Å². The average Bonchev–Trinajstić information content (AvgIpc) is 3.28. The van der Waals surface area contributed by atoms with Crippen LogP contribution in [0, 0.1) is 11.7 Å². The predicted octanol–water partition coefficient (Wildman–Crippen LogP) is 4.46. The standard InChI is InChI=1S/C30H38FN3O4S/c1-37-27-21-26-28(20-24(27)4-2-3-11-32-16-18-38-19-17-32)39-30(36)34(26)15-14-33-12-9-23(10-13-33)29(35)22-5-7-25(31)8-6-22/h5-8,20-21,23H,2-4,9-19H2,1H3. The summed E-state index contributed by atoms with van der Waals surface area (Å²) < 4.78 is 27.2. The molecule has 210 valence electrons. The number of hydrogen-bond acceptors (Lipinski definition) is 7. The molecule has 0 spiro atoms. The molecule has 7 nitrogen and oxygen atoms in total. The maximum atomic E-state index is 13.2. The fraction of sp³-hybridized carbons (Fsp3) is 0.533. The number of hydrogen-bond donors (Lipinski definition) is 0. The van der Waals surface area contributed by atoms with Gasteiger partial charge in [0.15, 0.2) is 5.78 Å². The van der Waals surface area contributed by atoms with E-state index in [2.05, 4.69) is 15.9 Å². The van der Waals surface area contributed by atoms with Gasteiger partial charge in [-0.25, -0.2) is 4.39 Å². The van der Waals surface area contributed by atoms with Crippen LogP contribution in [0.2, 0.25) is 0 Å². The van der Waals surface area contributed by atoms with E-state index >= 15 is 0 Å². The Morgan fingerprint density at radius 1 is 1.00 bits per heavy atom. The summed E-state index contributed by atoms with van der Waals surface area (Å²) in [5.74, 6) is 0.582. The van der Waals surface area contributed by atoms with E-state index < -0.39 is 0 Å². The Hall–Kier alpha value is -2.59. The predicted molar refractivity (Wildman–Crippen MR) is 153 cm³/mol. The molecule has 0 atom stereocenters. The number of carbonyl (C=O) groups excluding carboxylic acids is 1. The zero-order valence-electron chi connectivity index (χ0n) is 22.7. The number of fused-ring (bicyclic) bond motifs is 1. The molecule has 2 aliphatic rings. The Balaban J connectivity index is 1.15. The normalized spacial score (nSPS) is 17.6. The van der Waals surface area contributed by atoms with Crippen LogP contribution in [0.5, 0.6) is 5.75 Å². The van der Waals surface area contributed by atoms with Gasteiger partial charge in [0.1, 0.15) is 11.6 Å². The number of piperidine rings is 1. The third kappa shape index (κ3) is 6.95. The molecule has 39 heavy (non-hydrogen) atoms. The molecule has 3 aromatic rings. The van der Waals surface area contributed by atoms with Gasteiger partial charge in [-0.05, 0) is 87.6 Å². The molecule has 0 amide bonds. The third-order valence-corrected chi connectivity index (χ3v) is 9.01. The van der Waals surface area contributed by atoms with E-state index in [4.69, 9.17) is 9.47 Å². The Kier molecular flexibility index (Phi) is 9.45. The van der Waals surface area contributed by atoms with Crippen LogP contribution in [0.25, 0.3) is 10.2 Å². The average molecular weight is 556 g/mol. The summed E-state index contributed by atoms with van der Waals surface area (Å²) in [6.07, 6.45) is 4.69. The number of methoxy groups -OCH3 is 1. The van der Waals surface area contributed by atoms with Crippen LogP contribution in [0.3, 0.4) is 0 Å². The Bertz CT molecular complexity index is 1310. The van der Waals surface area contributed by atoms with Crippen molar-refractivity contribution in [1.29, 1.82) is 0 Å². The number of ether oxygens (including phenoxy) is 2. The van der Waals surface area contributed by atoms with Crippen molar-refractivity contribution in [2.24, 2.45) is 5.92 Å². The van der Waals surface area contributed by atoms with E-state index in [1.54, 1.807) is 19.2 Å². The van der Waals surface area contributed by atoms with Gasteiger partial charge >= 0.3 is 4.87 Å². The Morgan fingerprint density at radius 3 is 2.44 bits per heavy atom. The van der Waals surface area contributed by atoms with Crippen molar-refractivity contribution in [3.05, 3.63) is 63.0 Å². The molecule has 2 aliphatic heterocycles. The number of nitrogens with zero attached hydrogens (tertiary/aromatic N) is 3. The first-order chi connectivity index (χ1) is 19.0. The van der Waals surface area contributed by atoms with Gasteiger partial charge in [-0.3, -0.25) is 19.1 Å². The van der Waals surface area contributed by atoms with Crippen LogP contribution < -0.4 is 9.61 Å². The topological polar surface area (TPSA) is 64.0 Å². The number of benzene rings is 2. The highest BCUT2D eigenvalue weighted by Crippen LogP contribution is 2.29. The molecule has 1 aromatic heterocycles. The van der Waals surface area contributed by atoms with Gasteiger partial charge in [0, 0.05) is 43.7 Å². The monoisotopic (exact) mass is 555 g/mol. The minimum Gasteiger partial charge on any atom is -0.496 e. The first-order valence-electron chi connectivity index (χ1n) is 14.0. The molecule has 0 bridgehead atoms. The number of rotatable bonds is 11. The summed E-state index contributed by atoms with van der Waals surface area (Å²) in [5, 5.41) is 0. The second-order valence-corrected chi connectivity index (χ2v) is 11.5. The van der Waals surface area contributed by atoms with Crippen LogP contribution in [0.15, 0.2) is 41.2 Å². The van der Waals surface area contributed by atoms with E-state index in [0.717, 1.165) is 106 Å². The molecule has 3 heterocycles. The maximum absolute atomic E-state index is 13.2. The number of morpholine rings is 1. The molecule has 9 heteroatoms. The number of likely N-dealkylation sites (tertiary alicyclic amines) is 1. The van der Waals surface area contributed by atoms with Crippen molar-refractivity contribution in [3.8, 4) is 5.75 Å². The van der Waals surface area contributed by atoms with Crippen LogP contribution in [-0.2, 0) is 17.7 Å². The summed E-state index contributed by atoms with van der Waals surface area (Å²) in [6.45, 7) is 7.78. The van der Waals surface area contributed by atoms with Gasteiger partial charge in [0.25, 0.3) is 0 Å². The molecule has 2 aromatic carbocycles. The van der Waals surface area contributed by atoms with Crippen molar-refractivity contribution < 1.29 is 18.7 Å². The number of aryl methyl sites for hydroxylation is 1. The molecular formula is C30H38FN3O4S. The highest BCUT2D eigenvalue weighted by atomic mass is 32.1. The fourth-order valence-corrected chi connectivity index (χ4v) is 6.68. The summed E-state index contributed by atoms with van der Waals surface area (Å²) in [4.78, 5) is 30.5. The van der Waals surface area contributed by atoms with Gasteiger partial charge < -0.3 is 14.4 Å². The van der Waals surface area contributed by atoms with Gasteiger partial charge in [0.05, 0.1) is 30.5 Å². The molecule has 0 aliphatic carbocycles.